The Balaban J connectivity index is 2.13. The van der Waals surface area contributed by atoms with E-state index in [1.807, 2.05) is 25.1 Å². The molecule has 1 heterocycles. The van der Waals surface area contributed by atoms with E-state index in [1.165, 1.54) is 4.90 Å². The minimum Gasteiger partial charge on any atom is -0.290 e. The van der Waals surface area contributed by atoms with Crippen molar-refractivity contribution in [3.05, 3.63) is 65.7 Å². The normalized spacial score (nSPS) is 20.7. The van der Waals surface area contributed by atoms with Crippen LogP contribution in [0, 0.1) is 6.92 Å². The Labute approximate surface area is 123 Å². The highest BCUT2D eigenvalue weighted by Gasteiger charge is 2.45. The Morgan fingerprint density at radius 2 is 1.62 bits per heavy atom. The molecule has 3 rings (SSSR count). The van der Waals surface area contributed by atoms with Gasteiger partial charge in [0, 0.05) is 5.69 Å². The topological polar surface area (TPSA) is 54.5 Å². The van der Waals surface area contributed by atoms with Gasteiger partial charge in [0.1, 0.15) is 5.75 Å². The molecule has 108 valence electrons. The van der Waals surface area contributed by atoms with Crippen LogP contribution in [0.3, 0.4) is 0 Å². The molecule has 1 aliphatic rings. The van der Waals surface area contributed by atoms with E-state index in [1.54, 1.807) is 36.4 Å². The molecule has 0 aromatic heterocycles. The Morgan fingerprint density at radius 3 is 2.24 bits per heavy atom. The number of sulfone groups is 1. The van der Waals surface area contributed by atoms with E-state index in [-0.39, 0.29) is 5.91 Å². The van der Waals surface area contributed by atoms with E-state index >= 15 is 0 Å². The number of aryl methyl sites for hydroxylation is 1. The summed E-state index contributed by atoms with van der Waals surface area (Å²) in [6.07, 6.45) is 0. The van der Waals surface area contributed by atoms with Crippen molar-refractivity contribution in [2.24, 2.45) is 0 Å². The maximum Gasteiger partial charge on any atom is 0.243 e. The van der Waals surface area contributed by atoms with Gasteiger partial charge < -0.3 is 0 Å². The summed E-state index contributed by atoms with van der Waals surface area (Å²) in [6, 6.07) is 16.2. The first kappa shape index (κ1) is 13.8. The average molecular weight is 301 g/mol. The number of amides is 1. The number of rotatable bonds is 2. The lowest BCUT2D eigenvalue weighted by Gasteiger charge is -2.24. The summed E-state index contributed by atoms with van der Waals surface area (Å²) in [4.78, 5) is 13.6. The predicted octanol–water partition coefficient (Wildman–Crippen LogP) is 2.46. The van der Waals surface area contributed by atoms with Crippen LogP contribution in [-0.2, 0) is 14.6 Å². The molecule has 0 spiro atoms. The molecule has 1 fully saturated rings. The van der Waals surface area contributed by atoms with Gasteiger partial charge in [0.25, 0.3) is 0 Å². The molecular weight excluding hydrogens is 286 g/mol. The van der Waals surface area contributed by atoms with E-state index in [0.717, 1.165) is 5.56 Å². The van der Waals surface area contributed by atoms with Gasteiger partial charge in [0.15, 0.2) is 15.2 Å². The summed E-state index contributed by atoms with van der Waals surface area (Å²) in [6.45, 7) is 1.95. The van der Waals surface area contributed by atoms with Crippen molar-refractivity contribution in [3.8, 4) is 0 Å². The highest BCUT2D eigenvalue weighted by Crippen LogP contribution is 2.37. The van der Waals surface area contributed by atoms with Crippen LogP contribution in [0.5, 0.6) is 0 Å². The first-order valence-corrected chi connectivity index (χ1v) is 8.36. The molecule has 0 bridgehead atoms. The molecule has 1 amide bonds. The molecule has 5 heteroatoms. The second kappa shape index (κ2) is 5.00. The molecule has 0 N–H and O–H groups in total. The van der Waals surface area contributed by atoms with E-state index in [9.17, 15) is 13.2 Å². The van der Waals surface area contributed by atoms with E-state index in [4.69, 9.17) is 0 Å². The fourth-order valence-electron chi connectivity index (χ4n) is 2.57. The average Bonchev–Trinajstić information content (AvgIpc) is 2.70. The van der Waals surface area contributed by atoms with Crippen molar-refractivity contribution in [3.63, 3.8) is 0 Å². The monoisotopic (exact) mass is 301 g/mol. The molecule has 0 aliphatic carbocycles. The Morgan fingerprint density at radius 1 is 1.00 bits per heavy atom. The number of carbonyl (C=O) groups is 1. The first-order chi connectivity index (χ1) is 9.99. The van der Waals surface area contributed by atoms with E-state index in [2.05, 4.69) is 0 Å². The minimum atomic E-state index is -3.52. The number of anilines is 1. The number of hydrogen-bond donors (Lipinski definition) is 0. The third-order valence-electron chi connectivity index (χ3n) is 3.56. The summed E-state index contributed by atoms with van der Waals surface area (Å²) in [7, 11) is -3.52. The van der Waals surface area contributed by atoms with Crippen molar-refractivity contribution >= 4 is 21.4 Å². The standard InChI is InChI=1S/C16H15NO3S/c1-12-7-9-14(10-8-12)17-15(18)11-21(19,20)16(17)13-5-3-2-4-6-13/h2-10,16H,11H2,1H3. The second-order valence-corrected chi connectivity index (χ2v) is 7.23. The lowest BCUT2D eigenvalue weighted by atomic mass is 10.1. The molecule has 2 aromatic rings. The first-order valence-electron chi connectivity index (χ1n) is 6.64. The molecular formula is C16H15NO3S. The molecule has 4 nitrogen and oxygen atoms in total. The van der Waals surface area contributed by atoms with Gasteiger partial charge in [-0.3, -0.25) is 9.69 Å². The Bertz CT molecular complexity index is 767. The fourth-order valence-corrected chi connectivity index (χ4v) is 4.34. The van der Waals surface area contributed by atoms with Gasteiger partial charge in [-0.25, -0.2) is 8.42 Å². The number of benzene rings is 2. The van der Waals surface area contributed by atoms with Crippen LogP contribution in [0.2, 0.25) is 0 Å². The number of nitrogens with zero attached hydrogens (tertiary/aromatic N) is 1. The molecule has 0 saturated carbocycles. The van der Waals surface area contributed by atoms with Gasteiger partial charge in [-0.05, 0) is 24.6 Å². The van der Waals surface area contributed by atoms with Gasteiger partial charge in [-0.1, -0.05) is 48.0 Å². The minimum absolute atomic E-state index is 0.382. The largest absolute Gasteiger partial charge is 0.290 e. The lowest BCUT2D eigenvalue weighted by Crippen LogP contribution is -2.29. The summed E-state index contributed by atoms with van der Waals surface area (Å²) in [5, 5.41) is -0.936. The highest BCUT2D eigenvalue weighted by molar-refractivity contribution is 7.93. The summed E-state index contributed by atoms with van der Waals surface area (Å²) in [5.41, 5.74) is 2.29. The summed E-state index contributed by atoms with van der Waals surface area (Å²) < 4.78 is 24.7. The number of carbonyl (C=O) groups excluding carboxylic acids is 1. The van der Waals surface area contributed by atoms with Crippen LogP contribution in [0.25, 0.3) is 0 Å². The highest BCUT2D eigenvalue weighted by atomic mass is 32.2. The lowest BCUT2D eigenvalue weighted by molar-refractivity contribution is -0.115. The number of hydrogen-bond acceptors (Lipinski definition) is 3. The van der Waals surface area contributed by atoms with Crippen LogP contribution in [0.4, 0.5) is 5.69 Å². The van der Waals surface area contributed by atoms with Crippen LogP contribution in [-0.4, -0.2) is 20.1 Å². The van der Waals surface area contributed by atoms with Crippen LogP contribution < -0.4 is 4.90 Å². The Hall–Kier alpha value is -2.14. The van der Waals surface area contributed by atoms with Crippen LogP contribution in [0.1, 0.15) is 16.5 Å². The summed E-state index contributed by atoms with van der Waals surface area (Å²) in [5.74, 6) is -0.826. The van der Waals surface area contributed by atoms with Crippen molar-refractivity contribution in [2.75, 3.05) is 10.7 Å². The van der Waals surface area contributed by atoms with Crippen molar-refractivity contribution in [1.29, 1.82) is 0 Å². The fraction of sp³-hybridized carbons (Fsp3) is 0.188. The Kier molecular flexibility index (Phi) is 3.29. The summed E-state index contributed by atoms with van der Waals surface area (Å²) >= 11 is 0. The van der Waals surface area contributed by atoms with Gasteiger partial charge in [0.05, 0.1) is 0 Å². The maximum atomic E-state index is 12.4. The van der Waals surface area contributed by atoms with Crippen LogP contribution >= 0.6 is 0 Å². The molecule has 1 saturated heterocycles. The maximum absolute atomic E-state index is 12.4. The third-order valence-corrected chi connectivity index (χ3v) is 5.38. The third kappa shape index (κ3) is 2.45. The van der Waals surface area contributed by atoms with Crippen molar-refractivity contribution in [2.45, 2.75) is 12.3 Å². The predicted molar refractivity (Wildman–Crippen MR) is 81.6 cm³/mol. The van der Waals surface area contributed by atoms with Gasteiger partial charge >= 0.3 is 0 Å². The molecule has 2 aromatic carbocycles. The van der Waals surface area contributed by atoms with Gasteiger partial charge in [-0.2, -0.15) is 0 Å². The molecule has 1 atom stereocenters. The molecule has 1 unspecified atom stereocenters. The zero-order valence-corrected chi connectivity index (χ0v) is 12.4. The zero-order chi connectivity index (χ0) is 15.0. The van der Waals surface area contributed by atoms with E-state index in [0.29, 0.717) is 11.3 Å². The van der Waals surface area contributed by atoms with E-state index < -0.39 is 21.0 Å². The quantitative estimate of drug-likeness (QED) is 0.856. The molecule has 21 heavy (non-hydrogen) atoms. The zero-order valence-electron chi connectivity index (χ0n) is 11.6. The van der Waals surface area contributed by atoms with Gasteiger partial charge in [-0.15, -0.1) is 0 Å². The van der Waals surface area contributed by atoms with Crippen molar-refractivity contribution in [1.82, 2.24) is 0 Å². The smallest absolute Gasteiger partial charge is 0.243 e. The SMILES string of the molecule is Cc1ccc(N2C(=O)CS(=O)(=O)C2c2ccccc2)cc1. The molecule has 0 radical (unpaired) electrons. The second-order valence-electron chi connectivity index (χ2n) is 5.17. The van der Waals surface area contributed by atoms with Crippen LogP contribution in [0.15, 0.2) is 54.6 Å². The molecule has 1 aliphatic heterocycles. The van der Waals surface area contributed by atoms with Gasteiger partial charge in [0.2, 0.25) is 5.91 Å². The van der Waals surface area contributed by atoms with Crippen molar-refractivity contribution < 1.29 is 13.2 Å².